The summed E-state index contributed by atoms with van der Waals surface area (Å²) in [7, 11) is -0.921. The van der Waals surface area contributed by atoms with E-state index in [0.29, 0.717) is 0 Å². The summed E-state index contributed by atoms with van der Waals surface area (Å²) in [4.78, 5) is 2.97. The van der Waals surface area contributed by atoms with E-state index in [1.54, 1.807) is 10.4 Å². The van der Waals surface area contributed by atoms with Crippen LogP contribution >= 0.6 is 11.8 Å². The average molecular weight is 242 g/mol. The van der Waals surface area contributed by atoms with E-state index in [-0.39, 0.29) is 0 Å². The first-order valence-corrected chi connectivity index (χ1v) is 8.54. The molecule has 80 valence electrons. The Balaban J connectivity index is 2.19. The lowest BCUT2D eigenvalue weighted by atomic mass is 10.3. The third-order valence-electron chi connectivity index (χ3n) is 3.22. The van der Waals surface area contributed by atoms with Crippen LogP contribution < -0.4 is 10.4 Å². The van der Waals surface area contributed by atoms with Gasteiger partial charge in [-0.3, -0.25) is 0 Å². The molecule has 0 unspecified atom stereocenters. The van der Waals surface area contributed by atoms with Gasteiger partial charge in [-0.05, 0) is 22.5 Å². The highest BCUT2D eigenvalue weighted by molar-refractivity contribution is 8.00. The second-order valence-electron chi connectivity index (χ2n) is 4.14. The molecule has 0 N–H and O–H groups in total. The second kappa shape index (κ2) is 4.11. The topological polar surface area (TPSA) is 0 Å². The molecule has 0 aliphatic carbocycles. The molecule has 1 aliphatic rings. The van der Waals surface area contributed by atoms with Crippen LogP contribution in [0.1, 0.15) is 6.92 Å². The van der Waals surface area contributed by atoms with Crippen LogP contribution in [0.3, 0.4) is 0 Å². The monoisotopic (exact) mass is 242 g/mol. The van der Waals surface area contributed by atoms with Crippen molar-refractivity contribution in [3.63, 3.8) is 0 Å². The van der Waals surface area contributed by atoms with E-state index >= 15 is 0 Å². The predicted molar refractivity (Wildman–Crippen MR) is 73.9 cm³/mol. The van der Waals surface area contributed by atoms with Gasteiger partial charge in [0, 0.05) is 9.79 Å². The Bertz CT molecular complexity index is 476. The summed E-state index contributed by atoms with van der Waals surface area (Å²) in [6, 6.07) is 19.2. The minimum Gasteiger partial charge on any atom is -0.0903 e. The first-order valence-electron chi connectivity index (χ1n) is 5.76. The minimum atomic E-state index is -0.921. The smallest absolute Gasteiger partial charge is 0.0903 e. The Morgan fingerprint density at radius 2 is 1.38 bits per heavy atom. The van der Waals surface area contributed by atoms with Crippen molar-refractivity contribution < 1.29 is 0 Å². The fourth-order valence-corrected chi connectivity index (χ4v) is 7.34. The highest BCUT2D eigenvalue weighted by atomic mass is 32.2. The van der Waals surface area contributed by atoms with Gasteiger partial charge in [-0.2, -0.15) is 0 Å². The Morgan fingerprint density at radius 3 is 1.88 bits per heavy atom. The Morgan fingerprint density at radius 1 is 0.875 bits per heavy atom. The van der Waals surface area contributed by atoms with Crippen molar-refractivity contribution in [2.24, 2.45) is 0 Å². The van der Waals surface area contributed by atoms with Crippen molar-refractivity contribution in [3.05, 3.63) is 48.5 Å². The van der Waals surface area contributed by atoms with E-state index in [1.807, 2.05) is 11.8 Å². The molecule has 0 saturated heterocycles. The molecule has 3 rings (SSSR count). The van der Waals surface area contributed by atoms with Crippen LogP contribution in [0.5, 0.6) is 0 Å². The van der Waals surface area contributed by atoms with Gasteiger partial charge in [-0.15, -0.1) is 0 Å². The van der Waals surface area contributed by atoms with Crippen molar-refractivity contribution in [1.29, 1.82) is 0 Å². The van der Waals surface area contributed by atoms with E-state index in [1.165, 1.54) is 15.8 Å². The highest BCUT2D eigenvalue weighted by Gasteiger charge is 2.25. The molecule has 16 heavy (non-hydrogen) atoms. The van der Waals surface area contributed by atoms with E-state index in [2.05, 4.69) is 55.5 Å². The van der Waals surface area contributed by atoms with E-state index in [9.17, 15) is 0 Å². The predicted octanol–water partition coefficient (Wildman–Crippen LogP) is 2.51. The third-order valence-corrected chi connectivity index (χ3v) is 8.14. The lowest BCUT2D eigenvalue weighted by Gasteiger charge is -2.25. The molecule has 2 aromatic rings. The van der Waals surface area contributed by atoms with Gasteiger partial charge in [0.1, 0.15) is 8.80 Å². The normalized spacial score (nSPS) is 14.3. The van der Waals surface area contributed by atoms with Crippen LogP contribution in [0.4, 0.5) is 0 Å². The molecule has 0 radical (unpaired) electrons. The van der Waals surface area contributed by atoms with Crippen LogP contribution in [0.25, 0.3) is 0 Å². The Labute approximate surface area is 102 Å². The van der Waals surface area contributed by atoms with E-state index in [0.717, 1.165) is 0 Å². The molecule has 1 aliphatic heterocycles. The van der Waals surface area contributed by atoms with Gasteiger partial charge in [0.25, 0.3) is 0 Å². The van der Waals surface area contributed by atoms with Gasteiger partial charge in [0.2, 0.25) is 0 Å². The van der Waals surface area contributed by atoms with E-state index in [4.69, 9.17) is 0 Å². The molecule has 2 aromatic carbocycles. The van der Waals surface area contributed by atoms with Crippen LogP contribution in [0.2, 0.25) is 6.04 Å². The third kappa shape index (κ3) is 1.53. The summed E-state index contributed by atoms with van der Waals surface area (Å²) >= 11 is 1.94. The van der Waals surface area contributed by atoms with Gasteiger partial charge in [0.15, 0.2) is 0 Å². The molecule has 2 heteroatoms. The number of fused-ring (bicyclic) bond motifs is 2. The molecular weight excluding hydrogens is 228 g/mol. The molecule has 1 heterocycles. The van der Waals surface area contributed by atoms with Crippen LogP contribution in [0, 0.1) is 0 Å². The van der Waals surface area contributed by atoms with Crippen molar-refractivity contribution in [1.82, 2.24) is 0 Å². The Kier molecular flexibility index (Phi) is 2.62. The van der Waals surface area contributed by atoms with Gasteiger partial charge in [-0.1, -0.05) is 61.1 Å². The summed E-state index contributed by atoms with van der Waals surface area (Å²) in [5.74, 6) is 0. The number of rotatable bonds is 1. The maximum atomic E-state index is 2.33. The van der Waals surface area contributed by atoms with Gasteiger partial charge >= 0.3 is 0 Å². The van der Waals surface area contributed by atoms with Crippen LogP contribution in [-0.2, 0) is 0 Å². The lowest BCUT2D eigenvalue weighted by Crippen LogP contribution is -2.45. The van der Waals surface area contributed by atoms with Crippen LogP contribution in [0.15, 0.2) is 58.3 Å². The summed E-state index contributed by atoms with van der Waals surface area (Å²) in [5, 5.41) is 3.27. The van der Waals surface area contributed by atoms with Gasteiger partial charge < -0.3 is 0 Å². The van der Waals surface area contributed by atoms with E-state index < -0.39 is 8.80 Å². The molecule has 0 nitrogen and oxygen atoms in total. The van der Waals surface area contributed by atoms with Crippen molar-refractivity contribution >= 4 is 30.9 Å². The number of hydrogen-bond acceptors (Lipinski definition) is 1. The second-order valence-corrected chi connectivity index (χ2v) is 8.39. The van der Waals surface area contributed by atoms with Crippen LogP contribution in [-0.4, -0.2) is 8.80 Å². The zero-order chi connectivity index (χ0) is 11.0. The minimum absolute atomic E-state index is 0.921. The Hall–Kier alpha value is -0.993. The van der Waals surface area contributed by atoms with Gasteiger partial charge in [-0.25, -0.2) is 0 Å². The molecule has 0 spiro atoms. The number of hydrogen-bond donors (Lipinski definition) is 0. The lowest BCUT2D eigenvalue weighted by molar-refractivity contribution is 1.37. The molecule has 0 saturated carbocycles. The maximum absolute atomic E-state index is 2.33. The largest absolute Gasteiger partial charge is 0.105 e. The molecule has 0 atom stereocenters. The first kappa shape index (κ1) is 10.2. The summed E-state index contributed by atoms with van der Waals surface area (Å²) in [5.41, 5.74) is 0. The summed E-state index contributed by atoms with van der Waals surface area (Å²) < 4.78 is 0. The standard InChI is InChI=1S/C14H14SSi/c1-2-16-13-9-5-3-7-11(13)15-12-8-4-6-10-14(12)16/h3-10,16H,2H2,1H3. The fraction of sp³-hybridized carbons (Fsp3) is 0.143. The zero-order valence-electron chi connectivity index (χ0n) is 9.31. The molecule has 0 amide bonds. The molecule has 0 bridgehead atoms. The SMILES string of the molecule is CC[SiH]1c2ccccc2Sc2ccccc21. The highest BCUT2D eigenvalue weighted by Crippen LogP contribution is 2.29. The molecule has 0 aromatic heterocycles. The number of benzene rings is 2. The summed E-state index contributed by atoms with van der Waals surface area (Å²) in [6.45, 7) is 2.33. The fourth-order valence-electron chi connectivity index (χ4n) is 2.45. The average Bonchev–Trinajstić information content (AvgIpc) is 2.36. The first-order chi connectivity index (χ1) is 7.90. The summed E-state index contributed by atoms with van der Waals surface area (Å²) in [6.07, 6.45) is 0. The zero-order valence-corrected chi connectivity index (χ0v) is 11.3. The van der Waals surface area contributed by atoms with Gasteiger partial charge in [0.05, 0.1) is 0 Å². The van der Waals surface area contributed by atoms with Crippen molar-refractivity contribution in [3.8, 4) is 0 Å². The maximum Gasteiger partial charge on any atom is 0.105 e. The molecular formula is C14H14SSi. The van der Waals surface area contributed by atoms with Crippen molar-refractivity contribution in [2.75, 3.05) is 0 Å². The molecule has 0 fully saturated rings. The van der Waals surface area contributed by atoms with Crippen molar-refractivity contribution in [2.45, 2.75) is 22.8 Å². The quantitative estimate of drug-likeness (QED) is 0.693.